The van der Waals surface area contributed by atoms with Gasteiger partial charge in [-0.25, -0.2) is 4.39 Å². The second kappa shape index (κ2) is 5.09. The number of alkyl halides is 1. The van der Waals surface area contributed by atoms with Crippen LogP contribution in [0.15, 0.2) is 17.1 Å². The van der Waals surface area contributed by atoms with Gasteiger partial charge in [0.25, 0.3) is 11.5 Å². The number of pyridine rings is 1. The fraction of sp³-hybridized carbons (Fsp3) is 0.684. The van der Waals surface area contributed by atoms with Gasteiger partial charge in [0.15, 0.2) is 0 Å². The van der Waals surface area contributed by atoms with Crippen LogP contribution in [0.3, 0.4) is 0 Å². The van der Waals surface area contributed by atoms with Gasteiger partial charge in [-0.2, -0.15) is 0 Å². The van der Waals surface area contributed by atoms with E-state index < -0.39 is 17.1 Å². The van der Waals surface area contributed by atoms with Gasteiger partial charge < -0.3 is 20.5 Å². The molecule has 4 bridgehead atoms. The number of fused-ring (bicyclic) bond motifs is 2. The van der Waals surface area contributed by atoms with Crippen LogP contribution in [0.25, 0.3) is 0 Å². The lowest BCUT2D eigenvalue weighted by Crippen LogP contribution is -2.71. The minimum absolute atomic E-state index is 0.181. The van der Waals surface area contributed by atoms with Crippen molar-refractivity contribution in [3.63, 3.8) is 0 Å². The van der Waals surface area contributed by atoms with Gasteiger partial charge in [-0.3, -0.25) is 9.59 Å². The topological polar surface area (TPSA) is 80.4 Å². The van der Waals surface area contributed by atoms with Crippen molar-refractivity contribution in [3.8, 4) is 0 Å². The minimum Gasteiger partial charge on any atom is -0.381 e. The van der Waals surface area contributed by atoms with E-state index in [0.29, 0.717) is 42.3 Å². The summed E-state index contributed by atoms with van der Waals surface area (Å²) in [6, 6.07) is 1.76. The first-order chi connectivity index (χ1) is 12.3. The van der Waals surface area contributed by atoms with Crippen LogP contribution in [0.4, 0.5) is 10.1 Å². The van der Waals surface area contributed by atoms with Gasteiger partial charge in [-0.15, -0.1) is 0 Å². The number of likely N-dealkylation sites (tertiary alicyclic amines) is 1. The fourth-order valence-corrected chi connectivity index (χ4v) is 5.96. The highest BCUT2D eigenvalue weighted by Crippen LogP contribution is 2.67. The van der Waals surface area contributed by atoms with Gasteiger partial charge in [-0.05, 0) is 31.7 Å². The van der Waals surface area contributed by atoms with Gasteiger partial charge in [0, 0.05) is 50.7 Å². The Morgan fingerprint density at radius 1 is 1.27 bits per heavy atom. The van der Waals surface area contributed by atoms with Crippen LogP contribution in [0, 0.1) is 11.8 Å². The fourth-order valence-electron chi connectivity index (χ4n) is 5.96. The Labute approximate surface area is 151 Å². The van der Waals surface area contributed by atoms with Crippen LogP contribution in [-0.2, 0) is 5.54 Å². The van der Waals surface area contributed by atoms with E-state index in [9.17, 15) is 14.0 Å². The molecule has 4 saturated carbocycles. The third-order valence-corrected chi connectivity index (χ3v) is 7.11. The summed E-state index contributed by atoms with van der Waals surface area (Å²) in [4.78, 5) is 27.1. The number of carbonyl (C=O) groups excluding carboxylic acids is 1. The summed E-state index contributed by atoms with van der Waals surface area (Å²) in [6.45, 7) is 2.05. The average molecular weight is 360 g/mol. The lowest BCUT2D eigenvalue weighted by atomic mass is 9.47. The predicted molar refractivity (Wildman–Crippen MR) is 96.0 cm³/mol. The van der Waals surface area contributed by atoms with Gasteiger partial charge in [0.1, 0.15) is 5.67 Å². The Hall–Kier alpha value is -1.89. The number of halogens is 1. The molecule has 1 unspecified atom stereocenters. The minimum atomic E-state index is -1.10. The summed E-state index contributed by atoms with van der Waals surface area (Å²) in [6.07, 6.45) is 4.98. The standard InChI is InChI=1S/C19H25FN4O2/c1-23-5-11-2-3-12(6-23)16(11)22-14-4-15(25)24(7-13(14)17(21)26)19-8-18(20,9-19)10-19/h4,7,11-12,16,22H,2-3,5-6,8-10H2,1H3,(H2,21,26)/t11-,12+,16?,18?,19?. The average Bonchev–Trinajstić information content (AvgIpc) is 2.74. The third kappa shape index (κ3) is 2.19. The first-order valence-corrected chi connectivity index (χ1v) is 9.50. The van der Waals surface area contributed by atoms with E-state index in [0.717, 1.165) is 25.9 Å². The van der Waals surface area contributed by atoms with Gasteiger partial charge in [0.2, 0.25) is 0 Å². The van der Waals surface area contributed by atoms with Crippen molar-refractivity contribution < 1.29 is 9.18 Å². The quantitative estimate of drug-likeness (QED) is 0.848. The maximum absolute atomic E-state index is 13.9. The lowest BCUT2D eigenvalue weighted by Gasteiger charge is -2.66. The Balaban J connectivity index is 1.47. The first-order valence-electron chi connectivity index (χ1n) is 9.50. The number of amides is 1. The van der Waals surface area contributed by atoms with Gasteiger partial charge in [0.05, 0.1) is 16.8 Å². The molecule has 0 spiro atoms. The molecule has 7 heteroatoms. The zero-order chi connectivity index (χ0) is 18.3. The molecule has 26 heavy (non-hydrogen) atoms. The smallest absolute Gasteiger partial charge is 0.253 e. The van der Waals surface area contributed by atoms with Crippen LogP contribution in [0.1, 0.15) is 42.5 Å². The number of hydrogen-bond donors (Lipinski definition) is 2. The summed E-state index contributed by atoms with van der Waals surface area (Å²) in [5.41, 5.74) is 4.75. The molecule has 1 aliphatic heterocycles. The van der Waals surface area contributed by atoms with E-state index in [2.05, 4.69) is 17.3 Å². The number of carbonyl (C=O) groups is 1. The normalized spacial score (nSPS) is 40.6. The van der Waals surface area contributed by atoms with Gasteiger partial charge in [-0.1, -0.05) is 0 Å². The zero-order valence-electron chi connectivity index (χ0n) is 15.0. The molecule has 5 fully saturated rings. The van der Waals surface area contributed by atoms with Crippen LogP contribution in [0.2, 0.25) is 0 Å². The zero-order valence-corrected chi connectivity index (χ0v) is 15.0. The van der Waals surface area contributed by atoms with E-state index >= 15 is 0 Å². The van der Waals surface area contributed by atoms with Crippen LogP contribution in [0.5, 0.6) is 0 Å². The number of nitrogens with two attached hydrogens (primary N) is 1. The molecule has 4 aliphatic carbocycles. The van der Waals surface area contributed by atoms with Gasteiger partial charge >= 0.3 is 0 Å². The Kier molecular flexibility index (Phi) is 3.19. The van der Waals surface area contributed by atoms with Crippen molar-refractivity contribution in [3.05, 3.63) is 28.2 Å². The van der Waals surface area contributed by atoms with Crippen molar-refractivity contribution in [1.29, 1.82) is 0 Å². The molecule has 0 aromatic carbocycles. The highest BCUT2D eigenvalue weighted by Gasteiger charge is 2.70. The maximum Gasteiger partial charge on any atom is 0.253 e. The molecule has 1 saturated heterocycles. The summed E-state index contributed by atoms with van der Waals surface area (Å²) in [7, 11) is 2.14. The Morgan fingerprint density at radius 2 is 1.88 bits per heavy atom. The van der Waals surface area contributed by atoms with Crippen LogP contribution in [-0.4, -0.2) is 47.2 Å². The Bertz CT molecular complexity index is 817. The molecule has 5 aliphatic rings. The number of rotatable bonds is 4. The number of aromatic nitrogens is 1. The number of anilines is 1. The molecule has 1 aromatic heterocycles. The number of nitrogens with one attached hydrogen (secondary N) is 1. The molecule has 1 aromatic rings. The number of primary amides is 1. The number of piperidine rings is 1. The third-order valence-electron chi connectivity index (χ3n) is 7.11. The maximum atomic E-state index is 13.9. The number of hydrogen-bond acceptors (Lipinski definition) is 4. The van der Waals surface area contributed by atoms with Crippen molar-refractivity contribution >= 4 is 11.6 Å². The summed E-state index contributed by atoms with van der Waals surface area (Å²) >= 11 is 0. The second-order valence-electron chi connectivity index (χ2n) is 9.07. The molecule has 1 amide bonds. The van der Waals surface area contributed by atoms with Crippen molar-refractivity contribution in [2.45, 2.75) is 49.4 Å². The predicted octanol–water partition coefficient (Wildman–Crippen LogP) is 1.30. The number of nitrogens with zero attached hydrogens (tertiary/aromatic N) is 2. The monoisotopic (exact) mass is 360 g/mol. The van der Waals surface area contributed by atoms with Crippen molar-refractivity contribution in [2.75, 3.05) is 25.5 Å². The highest BCUT2D eigenvalue weighted by atomic mass is 19.1. The molecule has 0 radical (unpaired) electrons. The van der Waals surface area contributed by atoms with E-state index in [4.69, 9.17) is 5.73 Å². The lowest BCUT2D eigenvalue weighted by molar-refractivity contribution is -0.199. The molecule has 6 nitrogen and oxygen atoms in total. The molecular weight excluding hydrogens is 335 g/mol. The molecule has 6 rings (SSSR count). The van der Waals surface area contributed by atoms with E-state index in [1.807, 2.05) is 0 Å². The SMILES string of the molecule is CN1C[C@H]2CC[C@@H](C1)C2Nc1cc(=O)n(C23CC(F)(C2)C3)cc1C(N)=O. The second-order valence-corrected chi connectivity index (χ2v) is 9.07. The van der Waals surface area contributed by atoms with Crippen LogP contribution < -0.4 is 16.6 Å². The first kappa shape index (κ1) is 16.3. The molecule has 3 atom stereocenters. The van der Waals surface area contributed by atoms with E-state index in [-0.39, 0.29) is 11.6 Å². The summed E-state index contributed by atoms with van der Waals surface area (Å²) in [5, 5.41) is 3.47. The molecule has 3 N–H and O–H groups in total. The van der Waals surface area contributed by atoms with Crippen molar-refractivity contribution in [1.82, 2.24) is 9.47 Å². The molecular formula is C19H25FN4O2. The van der Waals surface area contributed by atoms with Crippen molar-refractivity contribution in [2.24, 2.45) is 17.6 Å². The van der Waals surface area contributed by atoms with E-state index in [1.165, 1.54) is 6.07 Å². The summed E-state index contributed by atoms with van der Waals surface area (Å²) in [5.74, 6) is 0.486. The molecule has 140 valence electrons. The Morgan fingerprint density at radius 3 is 2.42 bits per heavy atom. The molecule has 2 heterocycles. The highest BCUT2D eigenvalue weighted by molar-refractivity contribution is 5.98. The summed E-state index contributed by atoms with van der Waals surface area (Å²) < 4.78 is 15.4. The van der Waals surface area contributed by atoms with Crippen LogP contribution >= 0.6 is 0 Å². The van der Waals surface area contributed by atoms with E-state index in [1.54, 1.807) is 10.8 Å². The largest absolute Gasteiger partial charge is 0.381 e.